The largest absolute Gasteiger partial charge is 0.383 e. The third-order valence-electron chi connectivity index (χ3n) is 2.22. The van der Waals surface area contributed by atoms with Crippen LogP contribution >= 0.6 is 15.9 Å². The fourth-order valence-electron chi connectivity index (χ4n) is 1.40. The van der Waals surface area contributed by atoms with Crippen molar-refractivity contribution in [2.75, 3.05) is 38.3 Å². The first-order chi connectivity index (χ1) is 8.68. The van der Waals surface area contributed by atoms with Crippen LogP contribution in [0.3, 0.4) is 0 Å². The van der Waals surface area contributed by atoms with Gasteiger partial charge in [0.2, 0.25) is 0 Å². The molecule has 3 nitrogen and oxygen atoms in total. The first-order valence-corrected chi connectivity index (χ1v) is 7.12. The minimum Gasteiger partial charge on any atom is -0.383 e. The van der Waals surface area contributed by atoms with Crippen LogP contribution < -0.4 is 5.32 Å². The third-order valence-corrected chi connectivity index (χ3v) is 2.72. The summed E-state index contributed by atoms with van der Waals surface area (Å²) < 4.78 is 12.0. The molecule has 1 aromatic rings. The molecule has 0 spiro atoms. The van der Waals surface area contributed by atoms with Gasteiger partial charge < -0.3 is 14.8 Å². The number of anilines is 1. The summed E-state index contributed by atoms with van der Waals surface area (Å²) >= 11 is 3.44. The molecule has 102 valence electrons. The van der Waals surface area contributed by atoms with Crippen molar-refractivity contribution >= 4 is 21.6 Å². The van der Waals surface area contributed by atoms with E-state index in [9.17, 15) is 0 Å². The van der Waals surface area contributed by atoms with E-state index in [2.05, 4.69) is 35.1 Å². The van der Waals surface area contributed by atoms with Crippen LogP contribution in [0.4, 0.5) is 5.69 Å². The summed E-state index contributed by atoms with van der Waals surface area (Å²) in [6.07, 6.45) is 0. The molecule has 0 aromatic heterocycles. The summed E-state index contributed by atoms with van der Waals surface area (Å²) in [5, 5.41) is 3.30. The number of halogens is 1. The molecule has 0 aliphatic carbocycles. The molecule has 0 aliphatic rings. The molecule has 0 atom stereocenters. The molecule has 0 fully saturated rings. The van der Waals surface area contributed by atoms with E-state index >= 15 is 0 Å². The van der Waals surface area contributed by atoms with Crippen molar-refractivity contribution in [2.45, 2.75) is 13.8 Å². The first-order valence-electron chi connectivity index (χ1n) is 6.33. The first kappa shape index (κ1) is 15.5. The predicted octanol–water partition coefficient (Wildman–Crippen LogP) is 3.55. The number of rotatable bonds is 9. The van der Waals surface area contributed by atoms with Crippen molar-refractivity contribution in [1.82, 2.24) is 0 Å². The van der Waals surface area contributed by atoms with Crippen molar-refractivity contribution in [2.24, 2.45) is 5.92 Å². The van der Waals surface area contributed by atoms with Gasteiger partial charge in [-0.3, -0.25) is 0 Å². The van der Waals surface area contributed by atoms with Gasteiger partial charge in [-0.1, -0.05) is 35.8 Å². The maximum absolute atomic E-state index is 5.47. The number of nitrogens with one attached hydrogen (secondary N) is 1. The molecular weight excluding hydrogens is 294 g/mol. The van der Waals surface area contributed by atoms with Gasteiger partial charge in [0.25, 0.3) is 0 Å². The Morgan fingerprint density at radius 1 is 1.17 bits per heavy atom. The summed E-state index contributed by atoms with van der Waals surface area (Å²) in [4.78, 5) is 0. The van der Waals surface area contributed by atoms with Crippen molar-refractivity contribution in [3.05, 3.63) is 28.7 Å². The quantitative estimate of drug-likeness (QED) is 0.707. The van der Waals surface area contributed by atoms with Gasteiger partial charge in [-0.2, -0.15) is 0 Å². The topological polar surface area (TPSA) is 30.5 Å². The normalized spacial score (nSPS) is 10.9. The van der Waals surface area contributed by atoms with Crippen LogP contribution in [0.15, 0.2) is 28.7 Å². The fourth-order valence-corrected chi connectivity index (χ4v) is 1.80. The zero-order valence-corrected chi connectivity index (χ0v) is 12.7. The maximum atomic E-state index is 5.47. The molecule has 1 rings (SSSR count). The Morgan fingerprint density at radius 3 is 2.67 bits per heavy atom. The van der Waals surface area contributed by atoms with Gasteiger partial charge in [-0.25, -0.2) is 0 Å². The minimum absolute atomic E-state index is 0.586. The van der Waals surface area contributed by atoms with E-state index in [4.69, 9.17) is 9.47 Å². The Kier molecular flexibility index (Phi) is 8.05. The van der Waals surface area contributed by atoms with Crippen LogP contribution in [-0.4, -0.2) is 33.0 Å². The molecule has 0 heterocycles. The zero-order chi connectivity index (χ0) is 13.2. The molecule has 0 saturated carbocycles. The summed E-state index contributed by atoms with van der Waals surface area (Å²) in [6.45, 7) is 7.92. The van der Waals surface area contributed by atoms with E-state index in [1.807, 2.05) is 24.3 Å². The number of hydrogen-bond donors (Lipinski definition) is 1. The second-order valence-corrected chi connectivity index (χ2v) is 5.43. The van der Waals surface area contributed by atoms with Gasteiger partial charge in [0.15, 0.2) is 0 Å². The van der Waals surface area contributed by atoms with Gasteiger partial charge in [0.1, 0.15) is 0 Å². The average molecular weight is 316 g/mol. The summed E-state index contributed by atoms with van der Waals surface area (Å²) in [7, 11) is 0. The molecule has 0 bridgehead atoms. The van der Waals surface area contributed by atoms with Crippen LogP contribution in [0.2, 0.25) is 0 Å². The molecule has 18 heavy (non-hydrogen) atoms. The maximum Gasteiger partial charge on any atom is 0.0701 e. The highest BCUT2D eigenvalue weighted by Gasteiger charge is 1.95. The molecule has 0 unspecified atom stereocenters. The van der Waals surface area contributed by atoms with Crippen LogP contribution in [0.1, 0.15) is 13.8 Å². The Balaban J connectivity index is 1.96. The van der Waals surface area contributed by atoms with Crippen molar-refractivity contribution in [3.63, 3.8) is 0 Å². The number of benzene rings is 1. The van der Waals surface area contributed by atoms with E-state index in [1.165, 1.54) is 0 Å². The summed E-state index contributed by atoms with van der Waals surface area (Å²) in [5.41, 5.74) is 1.10. The molecule has 1 aromatic carbocycles. The Bertz CT molecular complexity index is 331. The van der Waals surface area contributed by atoms with Crippen LogP contribution in [-0.2, 0) is 9.47 Å². The predicted molar refractivity (Wildman–Crippen MR) is 79.1 cm³/mol. The fraction of sp³-hybridized carbons (Fsp3) is 0.571. The van der Waals surface area contributed by atoms with Gasteiger partial charge >= 0.3 is 0 Å². The average Bonchev–Trinajstić information content (AvgIpc) is 2.32. The molecule has 0 saturated heterocycles. The highest BCUT2D eigenvalue weighted by atomic mass is 79.9. The smallest absolute Gasteiger partial charge is 0.0701 e. The van der Waals surface area contributed by atoms with E-state index in [0.717, 1.165) is 23.3 Å². The Morgan fingerprint density at radius 2 is 1.94 bits per heavy atom. The lowest BCUT2D eigenvalue weighted by atomic mass is 10.2. The second-order valence-electron chi connectivity index (χ2n) is 4.52. The SMILES string of the molecule is CC(C)COCCOCCNc1cccc(Br)c1. The van der Waals surface area contributed by atoms with E-state index in [1.54, 1.807) is 0 Å². The third kappa shape index (κ3) is 7.69. The lowest BCUT2D eigenvalue weighted by Crippen LogP contribution is -2.13. The van der Waals surface area contributed by atoms with Gasteiger partial charge in [0.05, 0.1) is 19.8 Å². The summed E-state index contributed by atoms with van der Waals surface area (Å²) in [5.74, 6) is 0.586. The minimum atomic E-state index is 0.586. The Hall–Kier alpha value is -0.580. The zero-order valence-electron chi connectivity index (χ0n) is 11.1. The van der Waals surface area contributed by atoms with Crippen LogP contribution in [0.5, 0.6) is 0 Å². The molecule has 4 heteroatoms. The molecule has 0 radical (unpaired) electrons. The second kappa shape index (κ2) is 9.36. The molecule has 1 N–H and O–H groups in total. The number of hydrogen-bond acceptors (Lipinski definition) is 3. The van der Waals surface area contributed by atoms with Gasteiger partial charge in [0, 0.05) is 23.3 Å². The van der Waals surface area contributed by atoms with E-state index < -0.39 is 0 Å². The monoisotopic (exact) mass is 315 g/mol. The highest BCUT2D eigenvalue weighted by molar-refractivity contribution is 9.10. The van der Waals surface area contributed by atoms with Gasteiger partial charge in [-0.15, -0.1) is 0 Å². The molecule has 0 aliphatic heterocycles. The van der Waals surface area contributed by atoms with Crippen LogP contribution in [0, 0.1) is 5.92 Å². The molecule has 0 amide bonds. The van der Waals surface area contributed by atoms with Crippen molar-refractivity contribution in [1.29, 1.82) is 0 Å². The van der Waals surface area contributed by atoms with Crippen LogP contribution in [0.25, 0.3) is 0 Å². The van der Waals surface area contributed by atoms with Gasteiger partial charge in [-0.05, 0) is 24.1 Å². The number of ether oxygens (including phenoxy) is 2. The van der Waals surface area contributed by atoms with Crippen molar-refractivity contribution in [3.8, 4) is 0 Å². The van der Waals surface area contributed by atoms with E-state index in [0.29, 0.717) is 25.7 Å². The summed E-state index contributed by atoms with van der Waals surface area (Å²) in [6, 6.07) is 8.10. The molecular formula is C14H22BrNO2. The lowest BCUT2D eigenvalue weighted by Gasteiger charge is -2.09. The Labute approximate surface area is 118 Å². The lowest BCUT2D eigenvalue weighted by molar-refractivity contribution is 0.0411. The standard InChI is InChI=1S/C14H22BrNO2/c1-12(2)11-18-9-8-17-7-6-16-14-5-3-4-13(15)10-14/h3-5,10,12,16H,6-9,11H2,1-2H3. The van der Waals surface area contributed by atoms with Crippen molar-refractivity contribution < 1.29 is 9.47 Å². The van der Waals surface area contributed by atoms with E-state index in [-0.39, 0.29) is 0 Å². The highest BCUT2D eigenvalue weighted by Crippen LogP contribution is 2.15.